The Balaban J connectivity index is 1.42. The van der Waals surface area contributed by atoms with Crippen LogP contribution >= 0.6 is 0 Å². The van der Waals surface area contributed by atoms with Crippen molar-refractivity contribution in [3.05, 3.63) is 83.7 Å². The Morgan fingerprint density at radius 3 is 2.55 bits per heavy atom. The van der Waals surface area contributed by atoms with Gasteiger partial charge in [-0.15, -0.1) is 0 Å². The molecule has 1 saturated heterocycles. The van der Waals surface area contributed by atoms with Crippen molar-refractivity contribution < 1.29 is 18.3 Å². The minimum Gasteiger partial charge on any atom is -0.383 e. The van der Waals surface area contributed by atoms with Crippen molar-refractivity contribution in [1.29, 1.82) is 0 Å². The van der Waals surface area contributed by atoms with Gasteiger partial charge in [0.25, 0.3) is 0 Å². The highest BCUT2D eigenvalue weighted by Crippen LogP contribution is 2.31. The number of halogens is 2. The third kappa shape index (κ3) is 5.77. The second-order valence-corrected chi connectivity index (χ2v) is 9.64. The Morgan fingerprint density at radius 2 is 1.85 bits per heavy atom. The summed E-state index contributed by atoms with van der Waals surface area (Å²) >= 11 is 0. The first kappa shape index (κ1) is 27.2. The van der Waals surface area contributed by atoms with Crippen molar-refractivity contribution in [1.82, 2.24) is 30.0 Å². The molecule has 0 saturated carbocycles. The van der Waals surface area contributed by atoms with E-state index < -0.39 is 17.7 Å². The summed E-state index contributed by atoms with van der Waals surface area (Å²) in [6.07, 6.45) is 3.16. The number of urea groups is 1. The molecule has 2 unspecified atom stereocenters. The molecular weight excluding hydrogens is 518 g/mol. The highest BCUT2D eigenvalue weighted by atomic mass is 19.2. The lowest BCUT2D eigenvalue weighted by atomic mass is 9.94. The van der Waals surface area contributed by atoms with Crippen LogP contribution in [0, 0.1) is 18.6 Å². The number of para-hydroxylation sites is 1. The Kier molecular flexibility index (Phi) is 7.99. The number of ether oxygens (including phenoxy) is 1. The standard InChI is InChI=1S/C28H30F2N8O2/c1-17-25(19-13-32-27(31)33-14-19)36-38(20-6-4-3-5-7-20)26(17)35-28(39)34-24-16-37(10-11-40-2)15-21(24)18-8-9-22(29)23(30)12-18/h3-9,12-14,21,24H,10-11,15-16H2,1-2H3,(H2,31,32,33)(H2,34,35,39). The lowest BCUT2D eigenvalue weighted by Gasteiger charge is -2.21. The highest BCUT2D eigenvalue weighted by molar-refractivity contribution is 5.91. The van der Waals surface area contributed by atoms with Gasteiger partial charge in [-0.3, -0.25) is 10.2 Å². The van der Waals surface area contributed by atoms with Crippen molar-refractivity contribution in [3.8, 4) is 16.9 Å². The van der Waals surface area contributed by atoms with Crippen LogP contribution in [-0.2, 0) is 4.74 Å². The van der Waals surface area contributed by atoms with Crippen molar-refractivity contribution in [3.63, 3.8) is 0 Å². The molecule has 5 rings (SSSR count). The number of likely N-dealkylation sites (tertiary alicyclic amines) is 1. The molecule has 2 aromatic heterocycles. The first-order chi connectivity index (χ1) is 19.3. The molecule has 208 valence electrons. The maximum atomic E-state index is 14.1. The molecule has 0 aliphatic carbocycles. The maximum absolute atomic E-state index is 14.1. The van der Waals surface area contributed by atoms with E-state index in [1.165, 1.54) is 6.07 Å². The fourth-order valence-corrected chi connectivity index (χ4v) is 4.96. The molecule has 3 heterocycles. The van der Waals surface area contributed by atoms with Crippen molar-refractivity contribution in [2.75, 3.05) is 44.4 Å². The van der Waals surface area contributed by atoms with Crippen LogP contribution in [0.2, 0.25) is 0 Å². The van der Waals surface area contributed by atoms with E-state index in [4.69, 9.17) is 15.6 Å². The number of nitrogens with two attached hydrogens (primary N) is 1. The van der Waals surface area contributed by atoms with E-state index in [0.29, 0.717) is 54.4 Å². The largest absolute Gasteiger partial charge is 0.383 e. The average Bonchev–Trinajstić information content (AvgIpc) is 3.50. The second kappa shape index (κ2) is 11.8. The molecule has 2 amide bonds. The molecule has 2 aromatic carbocycles. The number of nitrogen functional groups attached to an aromatic ring is 1. The van der Waals surface area contributed by atoms with Gasteiger partial charge in [0.05, 0.1) is 18.3 Å². The number of amides is 2. The van der Waals surface area contributed by atoms with Gasteiger partial charge in [-0.1, -0.05) is 24.3 Å². The molecule has 1 fully saturated rings. The lowest BCUT2D eigenvalue weighted by Crippen LogP contribution is -2.42. The van der Waals surface area contributed by atoms with E-state index in [1.807, 2.05) is 37.3 Å². The summed E-state index contributed by atoms with van der Waals surface area (Å²) in [5.41, 5.74) is 8.95. The van der Waals surface area contributed by atoms with Gasteiger partial charge in [-0.2, -0.15) is 5.10 Å². The van der Waals surface area contributed by atoms with Gasteiger partial charge in [0.1, 0.15) is 11.5 Å². The lowest BCUT2D eigenvalue weighted by molar-refractivity contribution is 0.159. The minimum atomic E-state index is -0.919. The van der Waals surface area contributed by atoms with Crippen LogP contribution in [0.3, 0.4) is 0 Å². The number of carbonyl (C=O) groups is 1. The van der Waals surface area contributed by atoms with E-state index in [0.717, 1.165) is 11.8 Å². The van der Waals surface area contributed by atoms with Gasteiger partial charge in [0, 0.05) is 56.2 Å². The Morgan fingerprint density at radius 1 is 1.10 bits per heavy atom. The number of hydrogen-bond acceptors (Lipinski definition) is 7. The van der Waals surface area contributed by atoms with Crippen LogP contribution in [-0.4, -0.2) is 70.1 Å². The molecule has 4 aromatic rings. The molecule has 10 nitrogen and oxygen atoms in total. The molecule has 1 aliphatic rings. The van der Waals surface area contributed by atoms with Crippen LogP contribution in [0.15, 0.2) is 60.9 Å². The second-order valence-electron chi connectivity index (χ2n) is 9.64. The quantitative estimate of drug-likeness (QED) is 0.307. The number of benzene rings is 2. The number of rotatable bonds is 8. The fourth-order valence-electron chi connectivity index (χ4n) is 4.96. The zero-order valence-electron chi connectivity index (χ0n) is 22.1. The molecule has 1 aliphatic heterocycles. The van der Waals surface area contributed by atoms with Crippen LogP contribution in [0.5, 0.6) is 0 Å². The van der Waals surface area contributed by atoms with Crippen molar-refractivity contribution in [2.45, 2.75) is 18.9 Å². The third-order valence-electron chi connectivity index (χ3n) is 7.00. The van der Waals surface area contributed by atoms with Gasteiger partial charge >= 0.3 is 6.03 Å². The molecule has 0 radical (unpaired) electrons. The van der Waals surface area contributed by atoms with E-state index in [9.17, 15) is 13.6 Å². The van der Waals surface area contributed by atoms with Gasteiger partial charge in [0.2, 0.25) is 5.95 Å². The first-order valence-corrected chi connectivity index (χ1v) is 12.8. The smallest absolute Gasteiger partial charge is 0.320 e. The normalized spacial score (nSPS) is 17.2. The van der Waals surface area contributed by atoms with Gasteiger partial charge in [-0.05, 0) is 36.8 Å². The highest BCUT2D eigenvalue weighted by Gasteiger charge is 2.35. The monoisotopic (exact) mass is 548 g/mol. The predicted molar refractivity (Wildman–Crippen MR) is 147 cm³/mol. The van der Waals surface area contributed by atoms with Crippen LogP contribution in [0.1, 0.15) is 17.0 Å². The predicted octanol–water partition coefficient (Wildman–Crippen LogP) is 3.73. The zero-order chi connectivity index (χ0) is 28.2. The molecule has 0 bridgehead atoms. The topological polar surface area (TPSA) is 123 Å². The van der Waals surface area contributed by atoms with Crippen molar-refractivity contribution in [2.24, 2.45) is 0 Å². The third-order valence-corrected chi connectivity index (χ3v) is 7.00. The Bertz CT molecular complexity index is 1480. The van der Waals surface area contributed by atoms with Gasteiger partial charge in [0.15, 0.2) is 11.6 Å². The number of nitrogens with one attached hydrogen (secondary N) is 2. The fraction of sp³-hybridized carbons (Fsp3) is 0.286. The molecule has 4 N–H and O–H groups in total. The molecule has 40 heavy (non-hydrogen) atoms. The van der Waals surface area contributed by atoms with E-state index in [1.54, 1.807) is 30.3 Å². The van der Waals surface area contributed by atoms with Gasteiger partial charge in [-0.25, -0.2) is 28.2 Å². The zero-order valence-corrected chi connectivity index (χ0v) is 22.1. The van der Waals surface area contributed by atoms with E-state index >= 15 is 0 Å². The summed E-state index contributed by atoms with van der Waals surface area (Å²) in [6.45, 7) is 4.08. The molecular formula is C28H30F2N8O2. The first-order valence-electron chi connectivity index (χ1n) is 12.8. The van der Waals surface area contributed by atoms with Crippen LogP contribution < -0.4 is 16.4 Å². The molecule has 2 atom stereocenters. The average molecular weight is 549 g/mol. The summed E-state index contributed by atoms with van der Waals surface area (Å²) in [5.74, 6) is -1.47. The number of hydrogen-bond donors (Lipinski definition) is 3. The summed E-state index contributed by atoms with van der Waals surface area (Å²) in [5, 5.41) is 10.8. The summed E-state index contributed by atoms with van der Waals surface area (Å²) < 4.78 is 34.6. The summed E-state index contributed by atoms with van der Waals surface area (Å²) in [7, 11) is 1.62. The Labute approximate surface area is 230 Å². The van der Waals surface area contributed by atoms with E-state index in [-0.39, 0.29) is 17.9 Å². The number of anilines is 2. The Hall–Kier alpha value is -4.42. The summed E-state index contributed by atoms with van der Waals surface area (Å²) in [6, 6.07) is 12.5. The van der Waals surface area contributed by atoms with Crippen LogP contribution in [0.25, 0.3) is 16.9 Å². The SMILES string of the molecule is COCCN1CC(NC(=O)Nc2c(C)c(-c3cnc(N)nc3)nn2-c2ccccc2)C(c2ccc(F)c(F)c2)C1. The number of nitrogens with zero attached hydrogens (tertiary/aromatic N) is 5. The van der Waals surface area contributed by atoms with Crippen LogP contribution in [0.4, 0.5) is 25.3 Å². The summed E-state index contributed by atoms with van der Waals surface area (Å²) in [4.78, 5) is 23.7. The molecule has 0 spiro atoms. The van der Waals surface area contributed by atoms with Gasteiger partial charge < -0.3 is 15.8 Å². The number of methoxy groups -OCH3 is 1. The van der Waals surface area contributed by atoms with E-state index in [2.05, 4.69) is 25.5 Å². The maximum Gasteiger partial charge on any atom is 0.320 e. The number of carbonyl (C=O) groups excluding carboxylic acids is 1. The molecule has 12 heteroatoms. The minimum absolute atomic E-state index is 0.147. The number of aromatic nitrogens is 4. The van der Waals surface area contributed by atoms with Crippen molar-refractivity contribution >= 4 is 17.8 Å².